The Morgan fingerprint density at radius 1 is 1.00 bits per heavy atom. The maximum Gasteiger partial charge on any atom is 0.407 e. The average molecular weight is 509 g/mol. The molecule has 2 aromatic carbocycles. The second-order valence-electron chi connectivity index (χ2n) is 7.73. The van der Waals surface area contributed by atoms with Crippen molar-refractivity contribution in [3.63, 3.8) is 0 Å². The molecule has 4 aromatic rings. The zero-order valence-electron chi connectivity index (χ0n) is 18.8. The van der Waals surface area contributed by atoms with Crippen molar-refractivity contribution in [1.29, 1.82) is 0 Å². The molecule has 2 N–H and O–H groups in total. The first-order chi connectivity index (χ1) is 17.1. The number of ether oxygens (including phenoxy) is 1. The molecule has 35 heavy (non-hydrogen) atoms. The molecule has 180 valence electrons. The van der Waals surface area contributed by atoms with E-state index in [1.54, 1.807) is 5.51 Å². The van der Waals surface area contributed by atoms with Gasteiger partial charge >= 0.3 is 6.09 Å². The molecule has 0 aliphatic carbocycles. The van der Waals surface area contributed by atoms with Gasteiger partial charge in [0.15, 0.2) is 5.01 Å². The molecule has 2 aromatic heterocycles. The maximum atomic E-state index is 13.2. The molecule has 1 atom stereocenters. The first-order valence-electron chi connectivity index (χ1n) is 11.1. The lowest BCUT2D eigenvalue weighted by molar-refractivity contribution is 0.0853. The van der Waals surface area contributed by atoms with Crippen molar-refractivity contribution >= 4 is 50.7 Å². The van der Waals surface area contributed by atoms with Crippen LogP contribution < -0.4 is 10.6 Å². The van der Waals surface area contributed by atoms with Gasteiger partial charge in [-0.2, -0.15) is 0 Å². The van der Waals surface area contributed by atoms with Crippen molar-refractivity contribution in [2.24, 2.45) is 0 Å². The van der Waals surface area contributed by atoms with Gasteiger partial charge < -0.3 is 15.4 Å². The summed E-state index contributed by atoms with van der Waals surface area (Å²) in [4.78, 5) is 46.6. The van der Waals surface area contributed by atoms with Gasteiger partial charge in [0.2, 0.25) is 5.78 Å². The molecule has 2 heterocycles. The molecule has 0 saturated carbocycles. The third-order valence-electron chi connectivity index (χ3n) is 5.18. The number of nitrogens with zero attached hydrogens (tertiary/aromatic N) is 2. The molecule has 0 spiro atoms. The Bertz CT molecular complexity index is 1240. The van der Waals surface area contributed by atoms with E-state index >= 15 is 0 Å². The van der Waals surface area contributed by atoms with Crippen molar-refractivity contribution in [3.05, 3.63) is 81.8 Å². The summed E-state index contributed by atoms with van der Waals surface area (Å²) in [6.45, 7) is 0.605. The Kier molecular flexibility index (Phi) is 8.53. The number of unbranched alkanes of at least 4 members (excludes halogenated alkanes) is 1. The minimum absolute atomic E-state index is 0.203. The van der Waals surface area contributed by atoms with Crippen LogP contribution in [0.3, 0.4) is 0 Å². The van der Waals surface area contributed by atoms with Gasteiger partial charge in [-0.1, -0.05) is 42.5 Å². The van der Waals surface area contributed by atoms with E-state index in [1.165, 1.54) is 28.9 Å². The van der Waals surface area contributed by atoms with Crippen molar-refractivity contribution in [3.8, 4) is 0 Å². The largest absolute Gasteiger partial charge is 0.445 e. The summed E-state index contributed by atoms with van der Waals surface area (Å²) in [7, 11) is 0. The van der Waals surface area contributed by atoms with E-state index in [4.69, 9.17) is 4.74 Å². The molecule has 0 fully saturated rings. The van der Waals surface area contributed by atoms with Crippen molar-refractivity contribution in [2.45, 2.75) is 31.9 Å². The summed E-state index contributed by atoms with van der Waals surface area (Å²) in [6.07, 6.45) is 2.64. The number of para-hydroxylation sites is 1. The molecular formula is C25H24N4O4S2. The highest BCUT2D eigenvalue weighted by atomic mass is 32.1. The van der Waals surface area contributed by atoms with Crippen LogP contribution in [0.4, 0.5) is 4.79 Å². The lowest BCUT2D eigenvalue weighted by Crippen LogP contribution is -2.40. The Labute approximate surface area is 210 Å². The van der Waals surface area contributed by atoms with E-state index in [9.17, 15) is 14.4 Å². The van der Waals surface area contributed by atoms with Gasteiger partial charge in [0.25, 0.3) is 5.91 Å². The number of hydrogen-bond acceptors (Lipinski definition) is 8. The van der Waals surface area contributed by atoms with Gasteiger partial charge in [-0.15, -0.1) is 22.7 Å². The van der Waals surface area contributed by atoms with Crippen LogP contribution >= 0.6 is 22.7 Å². The number of rotatable bonds is 11. The molecule has 0 bridgehead atoms. The van der Waals surface area contributed by atoms with Crippen LogP contribution in [-0.4, -0.2) is 40.3 Å². The molecule has 4 rings (SSSR count). The minimum Gasteiger partial charge on any atom is -0.445 e. The second-order valence-corrected chi connectivity index (χ2v) is 9.64. The summed E-state index contributed by atoms with van der Waals surface area (Å²) in [5.41, 5.74) is 3.24. The van der Waals surface area contributed by atoms with Crippen molar-refractivity contribution in [2.75, 3.05) is 6.54 Å². The van der Waals surface area contributed by atoms with E-state index < -0.39 is 12.1 Å². The number of thiazole rings is 2. The zero-order chi connectivity index (χ0) is 24.5. The first kappa shape index (κ1) is 24.5. The summed E-state index contributed by atoms with van der Waals surface area (Å²) >= 11 is 2.53. The normalized spacial score (nSPS) is 11.7. The van der Waals surface area contributed by atoms with E-state index in [-0.39, 0.29) is 18.3 Å². The molecule has 8 nitrogen and oxygen atoms in total. The smallest absolute Gasteiger partial charge is 0.407 e. The Balaban J connectivity index is 1.30. The van der Waals surface area contributed by atoms with Crippen LogP contribution in [0.25, 0.3) is 10.2 Å². The van der Waals surface area contributed by atoms with E-state index in [0.717, 1.165) is 15.8 Å². The maximum absolute atomic E-state index is 13.2. The Morgan fingerprint density at radius 2 is 1.80 bits per heavy atom. The highest BCUT2D eigenvalue weighted by Crippen LogP contribution is 2.23. The predicted molar refractivity (Wildman–Crippen MR) is 136 cm³/mol. The monoisotopic (exact) mass is 508 g/mol. The molecule has 0 saturated heterocycles. The van der Waals surface area contributed by atoms with E-state index in [1.807, 2.05) is 54.6 Å². The lowest BCUT2D eigenvalue weighted by Gasteiger charge is -2.16. The van der Waals surface area contributed by atoms with Crippen LogP contribution in [0.2, 0.25) is 0 Å². The van der Waals surface area contributed by atoms with Crippen molar-refractivity contribution < 1.29 is 19.1 Å². The SMILES string of the molecule is O=C(NCCCCC(NC(=O)c1cncs1)C(=O)c1nc2ccccc2s1)OCc1ccccc1. The fourth-order valence-corrected chi connectivity index (χ4v) is 4.87. The first-order valence-corrected chi connectivity index (χ1v) is 12.8. The topological polar surface area (TPSA) is 110 Å². The molecule has 0 aliphatic rings. The van der Waals surface area contributed by atoms with Gasteiger partial charge in [0.05, 0.1) is 28.0 Å². The summed E-state index contributed by atoms with van der Waals surface area (Å²) in [6, 6.07) is 16.3. The molecule has 1 unspecified atom stereocenters. The lowest BCUT2D eigenvalue weighted by atomic mass is 10.1. The Hall–Kier alpha value is -3.63. The van der Waals surface area contributed by atoms with E-state index in [2.05, 4.69) is 20.6 Å². The molecular weight excluding hydrogens is 484 g/mol. The standard InChI is InChI=1S/C25H24N4O4S2/c30-22(24-29-18-10-4-5-12-20(18)35-24)19(28-23(31)21-14-26-16-34-21)11-6-7-13-27-25(32)33-15-17-8-2-1-3-9-17/h1-5,8-10,12,14,16,19H,6-7,11,13,15H2,(H,27,32)(H,28,31). The van der Waals surface area contributed by atoms with Gasteiger partial charge in [-0.05, 0) is 37.0 Å². The number of benzene rings is 2. The highest BCUT2D eigenvalue weighted by Gasteiger charge is 2.25. The third-order valence-corrected chi connectivity index (χ3v) is 7.01. The van der Waals surface area contributed by atoms with Crippen LogP contribution in [-0.2, 0) is 11.3 Å². The summed E-state index contributed by atoms with van der Waals surface area (Å²) in [5.74, 6) is -0.561. The Morgan fingerprint density at radius 3 is 2.57 bits per heavy atom. The number of nitrogens with one attached hydrogen (secondary N) is 2. The quantitative estimate of drug-likeness (QED) is 0.222. The third kappa shape index (κ3) is 6.93. The van der Waals surface area contributed by atoms with Crippen LogP contribution in [0.5, 0.6) is 0 Å². The molecule has 0 aliphatic heterocycles. The number of carbonyl (C=O) groups excluding carboxylic acids is 3. The van der Waals surface area contributed by atoms with Gasteiger partial charge in [0, 0.05) is 6.54 Å². The second kappa shape index (κ2) is 12.2. The number of amides is 2. The number of fused-ring (bicyclic) bond motifs is 1. The molecule has 10 heteroatoms. The zero-order valence-corrected chi connectivity index (χ0v) is 20.4. The summed E-state index contributed by atoms with van der Waals surface area (Å²) in [5, 5.41) is 5.92. The predicted octanol–water partition coefficient (Wildman–Crippen LogP) is 4.83. The average Bonchev–Trinajstić information content (AvgIpc) is 3.57. The number of carbonyl (C=O) groups is 3. The number of aromatic nitrogens is 2. The van der Waals surface area contributed by atoms with Crippen LogP contribution in [0.1, 0.15) is 44.3 Å². The highest BCUT2D eigenvalue weighted by molar-refractivity contribution is 7.20. The fourth-order valence-electron chi connectivity index (χ4n) is 3.39. The van der Waals surface area contributed by atoms with Crippen molar-refractivity contribution in [1.82, 2.24) is 20.6 Å². The molecule has 2 amide bonds. The van der Waals surface area contributed by atoms with Gasteiger partial charge in [-0.3, -0.25) is 14.6 Å². The number of Topliss-reactive ketones (excluding diaryl/α,β-unsaturated/α-hetero) is 1. The minimum atomic E-state index is -0.727. The summed E-state index contributed by atoms with van der Waals surface area (Å²) < 4.78 is 6.12. The van der Waals surface area contributed by atoms with E-state index in [0.29, 0.717) is 35.7 Å². The molecule has 0 radical (unpaired) electrons. The van der Waals surface area contributed by atoms with Crippen LogP contribution in [0.15, 0.2) is 66.3 Å². The fraction of sp³-hybridized carbons (Fsp3) is 0.240. The van der Waals surface area contributed by atoms with Gasteiger partial charge in [-0.25, -0.2) is 9.78 Å². The number of alkyl carbamates (subject to hydrolysis) is 1. The number of ketones is 1. The number of hydrogen-bond donors (Lipinski definition) is 2. The van der Waals surface area contributed by atoms with Crippen LogP contribution in [0, 0.1) is 0 Å². The van der Waals surface area contributed by atoms with Gasteiger partial charge in [0.1, 0.15) is 11.5 Å².